The van der Waals surface area contributed by atoms with Crippen LogP contribution in [0.1, 0.15) is 0 Å². The number of oxazole rings is 1. The van der Waals surface area contributed by atoms with E-state index in [0.717, 1.165) is 0 Å². The van der Waals surface area contributed by atoms with Gasteiger partial charge in [-0.2, -0.15) is 4.98 Å². The number of hydrogen-bond donors (Lipinski definition) is 2. The van der Waals surface area contributed by atoms with Crippen molar-refractivity contribution >= 4 is 12.2 Å². The van der Waals surface area contributed by atoms with Gasteiger partial charge in [-0.25, -0.2) is 0 Å². The number of hydrogen-bond acceptors (Lipinski definition) is 4. The highest BCUT2D eigenvalue weighted by atomic mass is 16.3. The Labute approximate surface area is 51.7 Å². The highest BCUT2D eigenvalue weighted by Gasteiger charge is 1.87. The molecule has 0 saturated carbocycles. The molecule has 0 aliphatic heterocycles. The van der Waals surface area contributed by atoms with Crippen molar-refractivity contribution in [3.05, 3.63) is 12.7 Å². The van der Waals surface area contributed by atoms with Gasteiger partial charge in [-0.15, -0.1) is 0 Å². The maximum atomic E-state index is 9.68. The monoisotopic (exact) mass is 129 g/mol. The van der Waals surface area contributed by atoms with E-state index in [0.29, 0.717) is 12.2 Å². The number of nitrogens with zero attached hydrogens (tertiary/aromatic N) is 1. The van der Waals surface area contributed by atoms with Crippen molar-refractivity contribution in [1.82, 2.24) is 11.1 Å². The average molecular weight is 129 g/mol. The SMILES string of the molecule is N.O=CNc1cocn1. The lowest BCUT2D eigenvalue weighted by molar-refractivity contribution is -0.105. The van der Waals surface area contributed by atoms with E-state index in [1.165, 1.54) is 12.7 Å². The van der Waals surface area contributed by atoms with E-state index in [1.54, 1.807) is 0 Å². The second-order valence-corrected chi connectivity index (χ2v) is 1.14. The minimum absolute atomic E-state index is 0. The highest BCUT2D eigenvalue weighted by molar-refractivity contribution is 5.67. The molecule has 0 aliphatic carbocycles. The van der Waals surface area contributed by atoms with E-state index < -0.39 is 0 Å². The topological polar surface area (TPSA) is 90.1 Å². The average Bonchev–Trinajstić information content (AvgIpc) is 2.19. The molecule has 0 atom stereocenters. The Balaban J connectivity index is 0.000000640. The predicted octanol–water partition coefficient (Wildman–Crippen LogP) is 0.405. The number of nitrogens with one attached hydrogen (secondary N) is 1. The zero-order valence-corrected chi connectivity index (χ0v) is 4.70. The smallest absolute Gasteiger partial charge is 0.212 e. The molecule has 5 heteroatoms. The molecule has 0 bridgehead atoms. The van der Waals surface area contributed by atoms with Gasteiger partial charge in [-0.3, -0.25) is 4.79 Å². The first-order chi connectivity index (χ1) is 3.93. The molecule has 50 valence electrons. The largest absolute Gasteiger partial charge is 0.449 e. The molecule has 1 aromatic rings. The minimum Gasteiger partial charge on any atom is -0.449 e. The summed E-state index contributed by atoms with van der Waals surface area (Å²) in [5, 5.41) is 2.30. The Bertz CT molecular complexity index is 160. The highest BCUT2D eigenvalue weighted by Crippen LogP contribution is 1.97. The van der Waals surface area contributed by atoms with Crippen LogP contribution in [0, 0.1) is 0 Å². The number of carbonyl (C=O) groups is 1. The van der Waals surface area contributed by atoms with Crippen LogP contribution in [-0.2, 0) is 4.79 Å². The van der Waals surface area contributed by atoms with Gasteiger partial charge in [0.15, 0.2) is 12.2 Å². The van der Waals surface area contributed by atoms with Crippen LogP contribution in [0.15, 0.2) is 17.1 Å². The molecule has 0 aromatic carbocycles. The Hall–Kier alpha value is -1.36. The Kier molecular flexibility index (Phi) is 3.07. The van der Waals surface area contributed by atoms with E-state index in [9.17, 15) is 4.79 Å². The van der Waals surface area contributed by atoms with Crippen LogP contribution in [0.3, 0.4) is 0 Å². The maximum Gasteiger partial charge on any atom is 0.212 e. The molecule has 9 heavy (non-hydrogen) atoms. The summed E-state index contributed by atoms with van der Waals surface area (Å²) in [6, 6.07) is 0. The van der Waals surface area contributed by atoms with E-state index >= 15 is 0 Å². The van der Waals surface area contributed by atoms with Crippen molar-refractivity contribution in [2.45, 2.75) is 0 Å². The molecule has 1 rings (SSSR count). The predicted molar refractivity (Wildman–Crippen MR) is 31.2 cm³/mol. The number of rotatable bonds is 2. The Morgan fingerprint density at radius 3 is 3.00 bits per heavy atom. The molecule has 1 heterocycles. The van der Waals surface area contributed by atoms with Gasteiger partial charge in [-0.05, 0) is 0 Å². The van der Waals surface area contributed by atoms with Crippen LogP contribution >= 0.6 is 0 Å². The zero-order valence-electron chi connectivity index (χ0n) is 4.70. The van der Waals surface area contributed by atoms with Crippen molar-refractivity contribution < 1.29 is 9.21 Å². The fraction of sp³-hybridized carbons (Fsp3) is 0. The third-order valence-corrected chi connectivity index (χ3v) is 0.639. The summed E-state index contributed by atoms with van der Waals surface area (Å²) < 4.78 is 4.53. The Morgan fingerprint density at radius 1 is 1.78 bits per heavy atom. The molecule has 0 radical (unpaired) electrons. The van der Waals surface area contributed by atoms with E-state index in [2.05, 4.69) is 14.7 Å². The molecular formula is C4H7N3O2. The summed E-state index contributed by atoms with van der Waals surface area (Å²) >= 11 is 0. The summed E-state index contributed by atoms with van der Waals surface area (Å²) in [4.78, 5) is 13.3. The van der Waals surface area contributed by atoms with E-state index in [1.807, 2.05) is 0 Å². The molecule has 0 saturated heterocycles. The van der Waals surface area contributed by atoms with Crippen molar-refractivity contribution in [2.75, 3.05) is 5.32 Å². The van der Waals surface area contributed by atoms with Crippen LogP contribution in [0.5, 0.6) is 0 Å². The van der Waals surface area contributed by atoms with Crippen molar-refractivity contribution in [3.8, 4) is 0 Å². The second kappa shape index (κ2) is 3.62. The fourth-order valence-corrected chi connectivity index (χ4v) is 0.344. The van der Waals surface area contributed by atoms with Gasteiger partial charge in [0.05, 0.1) is 0 Å². The molecule has 0 aliphatic rings. The summed E-state index contributed by atoms with van der Waals surface area (Å²) in [5.74, 6) is 0.431. The van der Waals surface area contributed by atoms with Crippen LogP contribution < -0.4 is 11.5 Å². The first kappa shape index (κ1) is 7.64. The lowest BCUT2D eigenvalue weighted by Crippen LogP contribution is -1.91. The molecule has 0 unspecified atom stereocenters. The number of anilines is 1. The van der Waals surface area contributed by atoms with Gasteiger partial charge >= 0.3 is 0 Å². The molecular weight excluding hydrogens is 122 g/mol. The van der Waals surface area contributed by atoms with Crippen molar-refractivity contribution in [3.63, 3.8) is 0 Å². The number of carbonyl (C=O) groups excluding carboxylic acids is 1. The van der Waals surface area contributed by atoms with Crippen LogP contribution in [0.4, 0.5) is 5.82 Å². The summed E-state index contributed by atoms with van der Waals surface area (Å²) in [7, 11) is 0. The summed E-state index contributed by atoms with van der Waals surface area (Å²) in [5.41, 5.74) is 0. The van der Waals surface area contributed by atoms with Crippen molar-refractivity contribution in [1.29, 1.82) is 0 Å². The third-order valence-electron chi connectivity index (χ3n) is 0.639. The second-order valence-electron chi connectivity index (χ2n) is 1.14. The van der Waals surface area contributed by atoms with Gasteiger partial charge < -0.3 is 15.9 Å². The summed E-state index contributed by atoms with van der Waals surface area (Å²) in [6.07, 6.45) is 3.12. The molecule has 0 spiro atoms. The van der Waals surface area contributed by atoms with Gasteiger partial charge in [0, 0.05) is 0 Å². The van der Waals surface area contributed by atoms with Crippen LogP contribution in [-0.4, -0.2) is 11.4 Å². The fourth-order valence-electron chi connectivity index (χ4n) is 0.344. The summed E-state index contributed by atoms with van der Waals surface area (Å²) in [6.45, 7) is 0. The number of aromatic nitrogens is 1. The molecule has 1 amide bonds. The van der Waals surface area contributed by atoms with Crippen molar-refractivity contribution in [2.24, 2.45) is 0 Å². The van der Waals surface area contributed by atoms with Gasteiger partial charge in [0.25, 0.3) is 0 Å². The third kappa shape index (κ3) is 1.92. The van der Waals surface area contributed by atoms with Crippen LogP contribution in [0.2, 0.25) is 0 Å². The minimum atomic E-state index is 0. The molecule has 4 N–H and O–H groups in total. The molecule has 1 aromatic heterocycles. The van der Waals surface area contributed by atoms with Gasteiger partial charge in [0.1, 0.15) is 6.26 Å². The molecule has 5 nitrogen and oxygen atoms in total. The molecule has 0 fully saturated rings. The van der Waals surface area contributed by atoms with Gasteiger partial charge in [-0.1, -0.05) is 0 Å². The lowest BCUT2D eigenvalue weighted by Gasteiger charge is -1.81. The first-order valence-corrected chi connectivity index (χ1v) is 2.02. The lowest BCUT2D eigenvalue weighted by atomic mass is 10.8. The zero-order chi connectivity index (χ0) is 5.82. The van der Waals surface area contributed by atoms with E-state index in [-0.39, 0.29) is 6.15 Å². The van der Waals surface area contributed by atoms with Gasteiger partial charge in [0.2, 0.25) is 6.41 Å². The normalized spacial score (nSPS) is 7.56. The number of amides is 1. The van der Waals surface area contributed by atoms with Crippen LogP contribution in [0.25, 0.3) is 0 Å². The maximum absolute atomic E-state index is 9.68. The van der Waals surface area contributed by atoms with E-state index in [4.69, 9.17) is 0 Å². The quantitative estimate of drug-likeness (QED) is 0.565. The first-order valence-electron chi connectivity index (χ1n) is 2.02. The Morgan fingerprint density at radius 2 is 2.56 bits per heavy atom. The standard InChI is InChI=1S/C4H4N2O2.H3N/c7-2-5-4-1-8-3-6-4;/h1-3H,(H,5,7);1H3.